The molecular formula is C27H36N4O6. The SMILES string of the molecule is COCC(=O)Nc1ccc2c(c1)C(=O)N(C)C[C@H](OC)[C@@H](C)CN(C(=O)Cc1cccnc1)[C@H](C)CO2. The molecule has 1 aliphatic rings. The third-order valence-corrected chi connectivity index (χ3v) is 6.40. The number of amides is 3. The molecule has 0 fully saturated rings. The van der Waals surface area contributed by atoms with E-state index in [4.69, 9.17) is 14.2 Å². The van der Waals surface area contributed by atoms with Crippen LogP contribution in [0.15, 0.2) is 42.7 Å². The zero-order valence-electron chi connectivity index (χ0n) is 22.1. The second kappa shape index (κ2) is 13.2. The minimum absolute atomic E-state index is 0.0382. The van der Waals surface area contributed by atoms with Crippen molar-refractivity contribution in [3.63, 3.8) is 0 Å². The molecular weight excluding hydrogens is 476 g/mol. The average Bonchev–Trinajstić information content (AvgIpc) is 2.88. The monoisotopic (exact) mass is 512 g/mol. The van der Waals surface area contributed by atoms with Crippen molar-refractivity contribution in [2.24, 2.45) is 5.92 Å². The molecule has 2 aromatic rings. The number of aromatic nitrogens is 1. The van der Waals surface area contributed by atoms with Gasteiger partial charge < -0.3 is 29.3 Å². The van der Waals surface area contributed by atoms with Crippen LogP contribution in [0.3, 0.4) is 0 Å². The Labute approximate surface area is 217 Å². The number of nitrogens with zero attached hydrogens (tertiary/aromatic N) is 3. The maximum absolute atomic E-state index is 13.4. The Morgan fingerprint density at radius 1 is 1.19 bits per heavy atom. The number of anilines is 1. The fourth-order valence-corrected chi connectivity index (χ4v) is 4.31. The minimum Gasteiger partial charge on any atom is -0.491 e. The van der Waals surface area contributed by atoms with Crippen molar-refractivity contribution in [3.05, 3.63) is 53.9 Å². The van der Waals surface area contributed by atoms with Gasteiger partial charge in [0.1, 0.15) is 19.0 Å². The van der Waals surface area contributed by atoms with E-state index in [1.165, 1.54) is 7.11 Å². The van der Waals surface area contributed by atoms with Crippen LogP contribution in [0, 0.1) is 5.92 Å². The molecule has 3 amide bonds. The Balaban J connectivity index is 1.92. The maximum Gasteiger partial charge on any atom is 0.257 e. The molecule has 3 rings (SSSR count). The number of methoxy groups -OCH3 is 2. The van der Waals surface area contributed by atoms with Crippen LogP contribution >= 0.6 is 0 Å². The Hall–Kier alpha value is -3.50. The molecule has 1 aromatic heterocycles. The van der Waals surface area contributed by atoms with Gasteiger partial charge in [-0.25, -0.2) is 0 Å². The first-order valence-corrected chi connectivity index (χ1v) is 12.3. The molecule has 0 aliphatic carbocycles. The van der Waals surface area contributed by atoms with Crippen molar-refractivity contribution in [2.45, 2.75) is 32.4 Å². The summed E-state index contributed by atoms with van der Waals surface area (Å²) in [4.78, 5) is 46.3. The second-order valence-electron chi connectivity index (χ2n) is 9.37. The number of hydrogen-bond acceptors (Lipinski definition) is 7. The first-order chi connectivity index (χ1) is 17.7. The van der Waals surface area contributed by atoms with Crippen LogP contribution in [0.25, 0.3) is 0 Å². The summed E-state index contributed by atoms with van der Waals surface area (Å²) in [5.74, 6) is -0.315. The van der Waals surface area contributed by atoms with Crippen molar-refractivity contribution in [1.82, 2.24) is 14.8 Å². The highest BCUT2D eigenvalue weighted by Gasteiger charge is 2.30. The van der Waals surface area contributed by atoms with Gasteiger partial charge in [0.15, 0.2) is 0 Å². The van der Waals surface area contributed by atoms with E-state index in [0.717, 1.165) is 5.56 Å². The zero-order valence-corrected chi connectivity index (χ0v) is 22.1. The predicted octanol–water partition coefficient (Wildman–Crippen LogP) is 2.24. The predicted molar refractivity (Wildman–Crippen MR) is 138 cm³/mol. The van der Waals surface area contributed by atoms with Crippen molar-refractivity contribution >= 4 is 23.4 Å². The maximum atomic E-state index is 13.4. The van der Waals surface area contributed by atoms with Gasteiger partial charge in [-0.05, 0) is 36.8 Å². The quantitative estimate of drug-likeness (QED) is 0.632. The van der Waals surface area contributed by atoms with Crippen molar-refractivity contribution < 1.29 is 28.6 Å². The van der Waals surface area contributed by atoms with E-state index in [1.807, 2.05) is 30.9 Å². The number of ether oxygens (including phenoxy) is 3. The molecule has 37 heavy (non-hydrogen) atoms. The van der Waals surface area contributed by atoms with Crippen LogP contribution in [-0.4, -0.2) is 92.2 Å². The Bertz CT molecular complexity index is 1080. The molecule has 3 atom stereocenters. The van der Waals surface area contributed by atoms with E-state index in [2.05, 4.69) is 10.3 Å². The lowest BCUT2D eigenvalue weighted by Crippen LogP contribution is -2.49. The topological polar surface area (TPSA) is 110 Å². The summed E-state index contributed by atoms with van der Waals surface area (Å²) in [5.41, 5.74) is 1.60. The lowest BCUT2D eigenvalue weighted by atomic mass is 10.0. The molecule has 0 bridgehead atoms. The molecule has 2 heterocycles. The van der Waals surface area contributed by atoms with E-state index in [1.54, 1.807) is 49.7 Å². The third-order valence-electron chi connectivity index (χ3n) is 6.40. The lowest BCUT2D eigenvalue weighted by molar-refractivity contribution is -0.134. The van der Waals surface area contributed by atoms with E-state index in [9.17, 15) is 14.4 Å². The molecule has 0 spiro atoms. The number of hydrogen-bond donors (Lipinski definition) is 1. The number of likely N-dealkylation sites (N-methyl/N-ethyl adjacent to an activating group) is 1. The first-order valence-electron chi connectivity index (χ1n) is 12.3. The number of nitrogens with one attached hydrogen (secondary N) is 1. The largest absolute Gasteiger partial charge is 0.491 e. The number of rotatable bonds is 6. The molecule has 0 saturated carbocycles. The average molecular weight is 513 g/mol. The highest BCUT2D eigenvalue weighted by Crippen LogP contribution is 2.26. The van der Waals surface area contributed by atoms with E-state index >= 15 is 0 Å². The van der Waals surface area contributed by atoms with Gasteiger partial charge >= 0.3 is 0 Å². The summed E-state index contributed by atoms with van der Waals surface area (Å²) in [6, 6.07) is 8.33. The summed E-state index contributed by atoms with van der Waals surface area (Å²) in [7, 11) is 4.74. The van der Waals surface area contributed by atoms with Gasteiger partial charge in [-0.15, -0.1) is 0 Å². The van der Waals surface area contributed by atoms with Gasteiger partial charge in [-0.1, -0.05) is 13.0 Å². The van der Waals surface area contributed by atoms with Crippen LogP contribution in [0.1, 0.15) is 29.8 Å². The number of fused-ring (bicyclic) bond motifs is 1. The molecule has 10 nitrogen and oxygen atoms in total. The van der Waals surface area contributed by atoms with Crippen LogP contribution < -0.4 is 10.1 Å². The van der Waals surface area contributed by atoms with Crippen molar-refractivity contribution in [1.29, 1.82) is 0 Å². The number of carbonyl (C=O) groups excluding carboxylic acids is 3. The molecule has 1 aliphatic heterocycles. The molecule has 0 radical (unpaired) electrons. The molecule has 0 saturated heterocycles. The second-order valence-corrected chi connectivity index (χ2v) is 9.37. The molecule has 10 heteroatoms. The smallest absolute Gasteiger partial charge is 0.257 e. The fourth-order valence-electron chi connectivity index (χ4n) is 4.31. The molecule has 1 N–H and O–H groups in total. The van der Waals surface area contributed by atoms with Gasteiger partial charge in [0.2, 0.25) is 11.8 Å². The highest BCUT2D eigenvalue weighted by atomic mass is 16.5. The normalized spacial score (nSPS) is 20.8. The summed E-state index contributed by atoms with van der Waals surface area (Å²) in [5, 5.41) is 2.72. The highest BCUT2D eigenvalue weighted by molar-refractivity contribution is 5.99. The Morgan fingerprint density at radius 2 is 1.97 bits per heavy atom. The molecule has 1 aromatic carbocycles. The van der Waals surface area contributed by atoms with Crippen molar-refractivity contribution in [2.75, 3.05) is 52.9 Å². The van der Waals surface area contributed by atoms with Gasteiger partial charge in [0.25, 0.3) is 5.91 Å². The van der Waals surface area contributed by atoms with Gasteiger partial charge in [0.05, 0.1) is 24.1 Å². The van der Waals surface area contributed by atoms with E-state index in [-0.39, 0.29) is 55.4 Å². The first kappa shape index (κ1) is 28.1. The van der Waals surface area contributed by atoms with Crippen LogP contribution in [0.4, 0.5) is 5.69 Å². The summed E-state index contributed by atoms with van der Waals surface area (Å²) < 4.78 is 16.7. The standard InChI is InChI=1S/C27H36N4O6/c1-18-14-31(26(33)11-20-7-6-10-28-13-20)19(2)16-37-23-9-8-21(29-25(32)17-35-4)12-22(23)27(34)30(3)15-24(18)36-5/h6-10,12-13,18-19,24H,11,14-17H2,1-5H3,(H,29,32)/t18-,19+,24-/m0/s1. The summed E-state index contributed by atoms with van der Waals surface area (Å²) >= 11 is 0. The van der Waals surface area contributed by atoms with E-state index in [0.29, 0.717) is 30.1 Å². The third kappa shape index (κ3) is 7.50. The Kier molecular flexibility index (Phi) is 9.99. The Morgan fingerprint density at radius 3 is 2.65 bits per heavy atom. The van der Waals surface area contributed by atoms with Gasteiger partial charge in [-0.2, -0.15) is 0 Å². The fraction of sp³-hybridized carbons (Fsp3) is 0.481. The molecule has 200 valence electrons. The van der Waals surface area contributed by atoms with Crippen LogP contribution in [0.2, 0.25) is 0 Å². The van der Waals surface area contributed by atoms with E-state index < -0.39 is 0 Å². The number of carbonyl (C=O) groups is 3. The van der Waals surface area contributed by atoms with Crippen LogP contribution in [-0.2, 0) is 25.5 Å². The van der Waals surface area contributed by atoms with Gasteiger partial charge in [-0.3, -0.25) is 19.4 Å². The summed E-state index contributed by atoms with van der Waals surface area (Å²) in [6.07, 6.45) is 3.29. The summed E-state index contributed by atoms with van der Waals surface area (Å²) in [6.45, 7) is 4.77. The number of pyridine rings is 1. The van der Waals surface area contributed by atoms with Crippen molar-refractivity contribution in [3.8, 4) is 5.75 Å². The van der Waals surface area contributed by atoms with Crippen LogP contribution in [0.5, 0.6) is 5.75 Å². The number of benzene rings is 1. The lowest BCUT2D eigenvalue weighted by Gasteiger charge is -2.36. The minimum atomic E-state index is -0.331. The molecule has 0 unspecified atom stereocenters. The van der Waals surface area contributed by atoms with Gasteiger partial charge in [0, 0.05) is 58.4 Å². The zero-order chi connectivity index (χ0) is 26.9.